The zero-order valence-electron chi connectivity index (χ0n) is 17.4. The Balaban J connectivity index is 2.02. The number of amides is 1. The summed E-state index contributed by atoms with van der Waals surface area (Å²) in [5.41, 5.74) is 1.40. The first kappa shape index (κ1) is 20.9. The largest absolute Gasteiger partial charge is 0.353 e. The van der Waals surface area contributed by atoms with E-state index in [9.17, 15) is 10.0 Å². The predicted octanol–water partition coefficient (Wildman–Crippen LogP) is 4.47. The molecule has 1 heterocycles. The van der Waals surface area contributed by atoms with Crippen LogP contribution in [0.5, 0.6) is 0 Å². The number of benzene rings is 1. The number of piperidine rings is 1. The Morgan fingerprint density at radius 1 is 1.08 bits per heavy atom. The third-order valence-corrected chi connectivity index (χ3v) is 5.45. The van der Waals surface area contributed by atoms with E-state index < -0.39 is 11.1 Å². The lowest BCUT2D eigenvalue weighted by Crippen LogP contribution is -2.62. The van der Waals surface area contributed by atoms with Crippen molar-refractivity contribution >= 4 is 5.91 Å². The van der Waals surface area contributed by atoms with E-state index in [2.05, 4.69) is 43.4 Å². The van der Waals surface area contributed by atoms with E-state index in [1.165, 1.54) is 10.6 Å². The Morgan fingerprint density at radius 2 is 1.58 bits per heavy atom. The highest BCUT2D eigenvalue weighted by molar-refractivity contribution is 5.83. The van der Waals surface area contributed by atoms with Crippen molar-refractivity contribution in [3.63, 3.8) is 0 Å². The highest BCUT2D eigenvalue weighted by Gasteiger charge is 2.46. The number of carbonyl (C=O) groups is 1. The van der Waals surface area contributed by atoms with Gasteiger partial charge in [-0.15, -0.1) is 10.3 Å². The SMILES string of the molecule is CC(C)Cc1ccc(C(C)C(=O)NC2CC(C)(C)N([O])C(C)(C)C2)cc1. The maximum absolute atomic E-state index is 12.8. The predicted molar refractivity (Wildman–Crippen MR) is 105 cm³/mol. The van der Waals surface area contributed by atoms with Crippen molar-refractivity contribution in [2.24, 2.45) is 5.92 Å². The number of nitrogens with one attached hydrogen (secondary N) is 1. The zero-order valence-corrected chi connectivity index (χ0v) is 17.4. The van der Waals surface area contributed by atoms with Crippen LogP contribution in [-0.4, -0.2) is 28.1 Å². The average molecular weight is 360 g/mol. The number of rotatable bonds is 5. The lowest BCUT2D eigenvalue weighted by Gasteiger charge is -2.50. The van der Waals surface area contributed by atoms with Gasteiger partial charge in [-0.1, -0.05) is 38.1 Å². The van der Waals surface area contributed by atoms with Crippen LogP contribution < -0.4 is 5.32 Å². The highest BCUT2D eigenvalue weighted by atomic mass is 16.5. The first-order valence-electron chi connectivity index (χ1n) is 9.79. The van der Waals surface area contributed by atoms with Crippen LogP contribution in [0.15, 0.2) is 24.3 Å². The average Bonchev–Trinajstić information content (AvgIpc) is 2.51. The van der Waals surface area contributed by atoms with Crippen molar-refractivity contribution in [2.75, 3.05) is 0 Å². The summed E-state index contributed by atoms with van der Waals surface area (Å²) < 4.78 is 0. The number of hydrogen-bond acceptors (Lipinski definition) is 2. The van der Waals surface area contributed by atoms with Crippen LogP contribution in [0.3, 0.4) is 0 Å². The summed E-state index contributed by atoms with van der Waals surface area (Å²) in [5, 5.41) is 16.9. The van der Waals surface area contributed by atoms with E-state index in [4.69, 9.17) is 0 Å². The van der Waals surface area contributed by atoms with E-state index in [1.807, 2.05) is 34.6 Å². The normalized spacial score (nSPS) is 21.6. The lowest BCUT2D eigenvalue weighted by molar-refractivity contribution is -0.290. The summed E-state index contributed by atoms with van der Waals surface area (Å²) >= 11 is 0. The van der Waals surface area contributed by atoms with Crippen molar-refractivity contribution in [3.8, 4) is 0 Å². The quantitative estimate of drug-likeness (QED) is 0.843. The Bertz CT molecular complexity index is 602. The molecule has 1 saturated heterocycles. The molecule has 4 nitrogen and oxygen atoms in total. The molecule has 1 aromatic rings. The molecule has 1 N–H and O–H groups in total. The van der Waals surface area contributed by atoms with Crippen molar-refractivity contribution in [1.29, 1.82) is 0 Å². The first-order valence-corrected chi connectivity index (χ1v) is 9.79. The fraction of sp³-hybridized carbons (Fsp3) is 0.682. The Hall–Kier alpha value is -1.39. The molecule has 0 aromatic heterocycles. The monoisotopic (exact) mass is 359 g/mol. The smallest absolute Gasteiger partial charge is 0.227 e. The molecule has 0 saturated carbocycles. The highest BCUT2D eigenvalue weighted by Crippen LogP contribution is 2.37. The molecule has 1 unspecified atom stereocenters. The van der Waals surface area contributed by atoms with Crippen LogP contribution >= 0.6 is 0 Å². The molecule has 1 aromatic carbocycles. The van der Waals surface area contributed by atoms with Gasteiger partial charge in [0.2, 0.25) is 5.91 Å². The third kappa shape index (κ3) is 4.86. The second-order valence-electron chi connectivity index (χ2n) is 9.59. The summed E-state index contributed by atoms with van der Waals surface area (Å²) in [4.78, 5) is 12.8. The van der Waals surface area contributed by atoms with E-state index in [-0.39, 0.29) is 17.9 Å². The minimum absolute atomic E-state index is 0.0281. The molecular formula is C22H35N2O2. The van der Waals surface area contributed by atoms with Gasteiger partial charge in [-0.3, -0.25) is 4.79 Å². The summed E-state index contributed by atoms with van der Waals surface area (Å²) in [6.45, 7) is 14.2. The maximum atomic E-state index is 12.8. The maximum Gasteiger partial charge on any atom is 0.227 e. The fourth-order valence-electron chi connectivity index (χ4n) is 4.26. The van der Waals surface area contributed by atoms with Crippen LogP contribution in [-0.2, 0) is 16.4 Å². The van der Waals surface area contributed by atoms with E-state index in [0.717, 1.165) is 12.0 Å². The minimum atomic E-state index is -0.471. The number of hydrogen-bond donors (Lipinski definition) is 1. The second kappa shape index (κ2) is 7.69. The van der Waals surface area contributed by atoms with Gasteiger partial charge in [0.25, 0.3) is 0 Å². The Morgan fingerprint density at radius 3 is 2.04 bits per heavy atom. The minimum Gasteiger partial charge on any atom is -0.353 e. The van der Waals surface area contributed by atoms with Gasteiger partial charge in [0.1, 0.15) is 0 Å². The van der Waals surface area contributed by atoms with E-state index >= 15 is 0 Å². The number of nitrogens with zero attached hydrogens (tertiary/aromatic N) is 1. The van der Waals surface area contributed by atoms with Crippen LogP contribution in [0.25, 0.3) is 0 Å². The lowest BCUT2D eigenvalue weighted by atomic mass is 9.78. The molecule has 26 heavy (non-hydrogen) atoms. The van der Waals surface area contributed by atoms with Crippen molar-refractivity contribution in [3.05, 3.63) is 35.4 Å². The van der Waals surface area contributed by atoms with Gasteiger partial charge in [0, 0.05) is 17.1 Å². The summed E-state index contributed by atoms with van der Waals surface area (Å²) in [5.74, 6) is 0.470. The summed E-state index contributed by atoms with van der Waals surface area (Å²) in [6, 6.07) is 8.41. The van der Waals surface area contributed by atoms with Gasteiger partial charge in [-0.05, 0) is 70.9 Å². The zero-order chi connectivity index (χ0) is 19.7. The molecule has 0 spiro atoms. The summed E-state index contributed by atoms with van der Waals surface area (Å²) in [7, 11) is 0. The van der Waals surface area contributed by atoms with Crippen molar-refractivity contribution < 1.29 is 10.0 Å². The molecule has 1 aliphatic rings. The molecule has 145 valence electrons. The van der Waals surface area contributed by atoms with Crippen LogP contribution in [0.1, 0.15) is 78.4 Å². The first-order chi connectivity index (χ1) is 11.9. The molecule has 1 atom stereocenters. The number of hydroxylamine groups is 2. The van der Waals surface area contributed by atoms with Gasteiger partial charge >= 0.3 is 0 Å². The second-order valence-corrected chi connectivity index (χ2v) is 9.59. The van der Waals surface area contributed by atoms with Gasteiger partial charge in [-0.25, -0.2) is 0 Å². The molecule has 2 rings (SSSR count). The molecule has 4 heteroatoms. The van der Waals surface area contributed by atoms with Gasteiger partial charge in [-0.2, -0.15) is 0 Å². The van der Waals surface area contributed by atoms with Crippen LogP contribution in [0, 0.1) is 5.92 Å². The summed E-state index contributed by atoms with van der Waals surface area (Å²) in [6.07, 6.45) is 2.40. The fourth-order valence-corrected chi connectivity index (χ4v) is 4.26. The van der Waals surface area contributed by atoms with Gasteiger partial charge in [0.15, 0.2) is 0 Å². The molecule has 1 fully saturated rings. The molecule has 1 radical (unpaired) electrons. The van der Waals surface area contributed by atoms with E-state index in [0.29, 0.717) is 18.8 Å². The number of carbonyl (C=O) groups excluding carboxylic acids is 1. The Labute approximate surface area is 158 Å². The topological polar surface area (TPSA) is 52.2 Å². The molecule has 1 amide bonds. The standard InChI is InChI=1S/C22H35N2O2/c1-15(2)12-17-8-10-18(11-9-17)16(3)20(25)23-19-13-21(4,5)24(26)22(6,7)14-19/h8-11,15-16,19H,12-14H2,1-7H3,(H,23,25). The Kier molecular flexibility index (Phi) is 6.19. The molecule has 0 aliphatic carbocycles. The third-order valence-electron chi connectivity index (χ3n) is 5.45. The van der Waals surface area contributed by atoms with Crippen molar-refractivity contribution in [1.82, 2.24) is 10.4 Å². The van der Waals surface area contributed by atoms with Crippen LogP contribution in [0.2, 0.25) is 0 Å². The van der Waals surface area contributed by atoms with Gasteiger partial charge in [0.05, 0.1) is 5.92 Å². The van der Waals surface area contributed by atoms with Crippen LogP contribution in [0.4, 0.5) is 0 Å². The molecule has 1 aliphatic heterocycles. The molecule has 0 bridgehead atoms. The van der Waals surface area contributed by atoms with Crippen molar-refractivity contribution in [2.45, 2.75) is 90.8 Å². The molecular weight excluding hydrogens is 324 g/mol. The van der Waals surface area contributed by atoms with Gasteiger partial charge < -0.3 is 5.32 Å². The van der Waals surface area contributed by atoms with E-state index in [1.54, 1.807) is 0 Å².